The summed E-state index contributed by atoms with van der Waals surface area (Å²) in [5.41, 5.74) is 1.26. The second-order valence-electron chi connectivity index (χ2n) is 1.91. The predicted molar refractivity (Wildman–Crippen MR) is 55.6 cm³/mol. The molecule has 0 bridgehead atoms. The van der Waals surface area contributed by atoms with E-state index in [4.69, 9.17) is 0 Å². The molecule has 62 valence electrons. The molecule has 0 aliphatic rings. The van der Waals surface area contributed by atoms with Crippen molar-refractivity contribution in [1.82, 2.24) is 0 Å². The van der Waals surface area contributed by atoms with Gasteiger partial charge in [0.2, 0.25) is 0 Å². The molecular weight excluding hydrogens is 179 g/mol. The largest absolute Gasteiger partial charge is 0.147 e. The standard InChI is InChI=1S/C9H10.2ClH/c1-2-6-9-7-4-3-5-8-9;;/h2-8H,1H3;2*1H. The highest BCUT2D eigenvalue weighted by atomic mass is 35.5. The summed E-state index contributed by atoms with van der Waals surface area (Å²) >= 11 is 0. The lowest BCUT2D eigenvalue weighted by atomic mass is 10.2. The summed E-state index contributed by atoms with van der Waals surface area (Å²) < 4.78 is 0. The van der Waals surface area contributed by atoms with E-state index < -0.39 is 0 Å². The van der Waals surface area contributed by atoms with E-state index in [1.165, 1.54) is 5.56 Å². The maximum Gasteiger partial charge on any atom is -0.0260 e. The lowest BCUT2D eigenvalue weighted by molar-refractivity contribution is 1.64. The number of hydrogen-bond acceptors (Lipinski definition) is 0. The molecule has 0 aliphatic carbocycles. The van der Waals surface area contributed by atoms with Crippen molar-refractivity contribution in [2.45, 2.75) is 6.92 Å². The molecule has 0 atom stereocenters. The first kappa shape index (κ1) is 13.2. The molecule has 11 heavy (non-hydrogen) atoms. The summed E-state index contributed by atoms with van der Waals surface area (Å²) in [4.78, 5) is 0. The molecule has 0 spiro atoms. The molecule has 1 rings (SSSR count). The van der Waals surface area contributed by atoms with Crippen LogP contribution in [-0.2, 0) is 0 Å². The Morgan fingerprint density at radius 3 is 2.00 bits per heavy atom. The van der Waals surface area contributed by atoms with Crippen molar-refractivity contribution in [3.8, 4) is 0 Å². The molecule has 0 unspecified atom stereocenters. The van der Waals surface area contributed by atoms with Gasteiger partial charge in [-0.25, -0.2) is 0 Å². The van der Waals surface area contributed by atoms with Crippen LogP contribution in [0, 0.1) is 0 Å². The van der Waals surface area contributed by atoms with E-state index in [0.29, 0.717) is 0 Å². The zero-order chi connectivity index (χ0) is 6.53. The molecule has 0 fully saturated rings. The van der Waals surface area contributed by atoms with Gasteiger partial charge in [0.25, 0.3) is 0 Å². The Balaban J connectivity index is 0. The Kier molecular flexibility index (Phi) is 9.14. The molecule has 1 aromatic rings. The smallest absolute Gasteiger partial charge is 0.0260 e. The predicted octanol–water partition coefficient (Wildman–Crippen LogP) is 3.56. The van der Waals surface area contributed by atoms with Gasteiger partial charge in [0.15, 0.2) is 0 Å². The highest BCUT2D eigenvalue weighted by Crippen LogP contribution is 1.99. The molecule has 0 N–H and O–H groups in total. The fraction of sp³-hybridized carbons (Fsp3) is 0.111. The molecule has 0 saturated carbocycles. The van der Waals surface area contributed by atoms with Crippen LogP contribution in [-0.4, -0.2) is 0 Å². The zero-order valence-corrected chi connectivity index (χ0v) is 7.99. The van der Waals surface area contributed by atoms with Crippen molar-refractivity contribution in [1.29, 1.82) is 0 Å². The minimum Gasteiger partial charge on any atom is -0.147 e. The lowest BCUT2D eigenvalue weighted by Crippen LogP contribution is -1.65. The van der Waals surface area contributed by atoms with Crippen molar-refractivity contribution in [2.24, 2.45) is 0 Å². The van der Waals surface area contributed by atoms with Crippen molar-refractivity contribution < 1.29 is 0 Å². The molecule has 0 radical (unpaired) electrons. The number of rotatable bonds is 1. The minimum atomic E-state index is 0. The molecular formula is C9H12Cl2. The highest BCUT2D eigenvalue weighted by molar-refractivity contribution is 5.85. The molecule has 2 heteroatoms. The van der Waals surface area contributed by atoms with Crippen LogP contribution in [0.3, 0.4) is 0 Å². The van der Waals surface area contributed by atoms with Gasteiger partial charge in [-0.1, -0.05) is 42.5 Å². The number of hydrogen-bond donors (Lipinski definition) is 0. The fourth-order valence-corrected chi connectivity index (χ4v) is 0.757. The van der Waals surface area contributed by atoms with Crippen LogP contribution in [0.5, 0.6) is 0 Å². The van der Waals surface area contributed by atoms with Gasteiger partial charge in [-0.2, -0.15) is 0 Å². The summed E-state index contributed by atoms with van der Waals surface area (Å²) in [5, 5.41) is 0. The van der Waals surface area contributed by atoms with E-state index in [0.717, 1.165) is 0 Å². The molecule has 0 nitrogen and oxygen atoms in total. The van der Waals surface area contributed by atoms with Gasteiger partial charge in [0.05, 0.1) is 0 Å². The monoisotopic (exact) mass is 190 g/mol. The van der Waals surface area contributed by atoms with Crippen LogP contribution in [0.25, 0.3) is 6.08 Å². The number of halogens is 2. The van der Waals surface area contributed by atoms with Gasteiger partial charge in [-0.05, 0) is 12.5 Å². The van der Waals surface area contributed by atoms with Crippen molar-refractivity contribution >= 4 is 30.9 Å². The Morgan fingerprint density at radius 1 is 1.00 bits per heavy atom. The Hall–Kier alpha value is -0.460. The first-order valence-corrected chi connectivity index (χ1v) is 3.11. The Morgan fingerprint density at radius 2 is 1.55 bits per heavy atom. The number of allylic oxidation sites excluding steroid dienone is 1. The van der Waals surface area contributed by atoms with Gasteiger partial charge in [-0.3, -0.25) is 0 Å². The van der Waals surface area contributed by atoms with Crippen LogP contribution in [0.4, 0.5) is 0 Å². The Labute approximate surface area is 80.1 Å². The van der Waals surface area contributed by atoms with E-state index in [1.807, 2.05) is 31.2 Å². The van der Waals surface area contributed by atoms with Gasteiger partial charge >= 0.3 is 0 Å². The number of benzene rings is 1. The average molecular weight is 191 g/mol. The lowest BCUT2D eigenvalue weighted by Gasteiger charge is -1.86. The van der Waals surface area contributed by atoms with Crippen molar-refractivity contribution in [3.63, 3.8) is 0 Å². The van der Waals surface area contributed by atoms with Gasteiger partial charge in [0, 0.05) is 0 Å². The van der Waals surface area contributed by atoms with Crippen LogP contribution in [0.15, 0.2) is 36.4 Å². The van der Waals surface area contributed by atoms with E-state index in [2.05, 4.69) is 18.2 Å². The summed E-state index contributed by atoms with van der Waals surface area (Å²) in [6, 6.07) is 10.3. The van der Waals surface area contributed by atoms with Gasteiger partial charge in [-0.15, -0.1) is 24.8 Å². The van der Waals surface area contributed by atoms with Crippen molar-refractivity contribution in [2.75, 3.05) is 0 Å². The van der Waals surface area contributed by atoms with Crippen molar-refractivity contribution in [3.05, 3.63) is 42.0 Å². The summed E-state index contributed by atoms with van der Waals surface area (Å²) in [6.45, 7) is 2.02. The summed E-state index contributed by atoms with van der Waals surface area (Å²) in [5.74, 6) is 0. The van der Waals surface area contributed by atoms with Gasteiger partial charge in [0.1, 0.15) is 0 Å². The Bertz CT molecular complexity index is 192. The zero-order valence-electron chi connectivity index (χ0n) is 6.36. The van der Waals surface area contributed by atoms with E-state index in [1.54, 1.807) is 0 Å². The third-order valence-corrected chi connectivity index (χ3v) is 1.16. The SMILES string of the molecule is CC=Cc1ccccc1.Cl.Cl. The minimum absolute atomic E-state index is 0. The summed E-state index contributed by atoms with van der Waals surface area (Å²) in [7, 11) is 0. The van der Waals surface area contributed by atoms with Crippen LogP contribution >= 0.6 is 24.8 Å². The summed E-state index contributed by atoms with van der Waals surface area (Å²) in [6.07, 6.45) is 4.12. The molecule has 0 aromatic heterocycles. The third kappa shape index (κ3) is 4.88. The molecule has 1 aromatic carbocycles. The highest BCUT2D eigenvalue weighted by Gasteiger charge is 1.77. The molecule has 0 aliphatic heterocycles. The van der Waals surface area contributed by atoms with E-state index in [-0.39, 0.29) is 24.8 Å². The first-order valence-electron chi connectivity index (χ1n) is 3.11. The van der Waals surface area contributed by atoms with Crippen LogP contribution < -0.4 is 0 Å². The quantitative estimate of drug-likeness (QED) is 0.636. The fourth-order valence-electron chi connectivity index (χ4n) is 0.757. The second kappa shape index (κ2) is 7.64. The van der Waals surface area contributed by atoms with Crippen LogP contribution in [0.1, 0.15) is 12.5 Å². The normalized spacial score (nSPS) is 8.45. The van der Waals surface area contributed by atoms with Crippen LogP contribution in [0.2, 0.25) is 0 Å². The maximum absolute atomic E-state index is 2.08. The average Bonchev–Trinajstić information content (AvgIpc) is 1.91. The third-order valence-electron chi connectivity index (χ3n) is 1.16. The maximum atomic E-state index is 2.08. The molecule has 0 amide bonds. The molecule has 0 heterocycles. The van der Waals surface area contributed by atoms with Gasteiger partial charge < -0.3 is 0 Å². The first-order chi connectivity index (χ1) is 4.43. The second-order valence-corrected chi connectivity index (χ2v) is 1.91. The topological polar surface area (TPSA) is 0 Å². The van der Waals surface area contributed by atoms with E-state index in [9.17, 15) is 0 Å². The van der Waals surface area contributed by atoms with E-state index >= 15 is 0 Å². The molecule has 0 saturated heterocycles.